The summed E-state index contributed by atoms with van der Waals surface area (Å²) < 4.78 is 5.13. The van der Waals surface area contributed by atoms with Crippen LogP contribution in [0.1, 0.15) is 5.56 Å². The highest BCUT2D eigenvalue weighted by atomic mass is 35.5. The molecule has 142 valence electrons. The van der Waals surface area contributed by atoms with E-state index in [0.717, 1.165) is 23.4 Å². The fourth-order valence-corrected chi connectivity index (χ4v) is 3.08. The Morgan fingerprint density at radius 2 is 1.81 bits per heavy atom. The van der Waals surface area contributed by atoms with E-state index in [0.29, 0.717) is 24.7 Å². The molecule has 2 aromatic carbocycles. The van der Waals surface area contributed by atoms with Crippen molar-refractivity contribution in [1.82, 2.24) is 10.2 Å². The van der Waals surface area contributed by atoms with E-state index in [4.69, 9.17) is 16.3 Å². The Labute approximate surface area is 163 Å². The number of nitrogens with one attached hydrogen (secondary N) is 1. The van der Waals surface area contributed by atoms with Crippen LogP contribution >= 0.6 is 11.6 Å². The number of nitrogens with zero attached hydrogens (tertiary/aromatic N) is 2. The smallest absolute Gasteiger partial charge is 0.325 e. The van der Waals surface area contributed by atoms with Crippen LogP contribution in [0.3, 0.4) is 0 Å². The molecule has 3 amide bonds. The number of hydrogen-bond acceptors (Lipinski definition) is 3. The Kier molecular flexibility index (Phi) is 6.19. The van der Waals surface area contributed by atoms with Gasteiger partial charge in [-0.3, -0.25) is 9.69 Å². The maximum Gasteiger partial charge on any atom is 0.325 e. The first-order chi connectivity index (χ1) is 13.1. The summed E-state index contributed by atoms with van der Waals surface area (Å²) >= 11 is 5.89. The van der Waals surface area contributed by atoms with Crippen molar-refractivity contribution < 1.29 is 14.3 Å². The molecule has 1 N–H and O–H groups in total. The van der Waals surface area contributed by atoms with Gasteiger partial charge in [0.2, 0.25) is 5.91 Å². The Hall–Kier alpha value is -2.73. The molecule has 0 radical (unpaired) electrons. The van der Waals surface area contributed by atoms with Gasteiger partial charge in [0, 0.05) is 30.3 Å². The van der Waals surface area contributed by atoms with E-state index in [1.807, 2.05) is 24.3 Å². The van der Waals surface area contributed by atoms with Gasteiger partial charge in [-0.1, -0.05) is 23.7 Å². The second-order valence-electron chi connectivity index (χ2n) is 6.28. The van der Waals surface area contributed by atoms with Crippen molar-refractivity contribution in [3.63, 3.8) is 0 Å². The molecule has 0 unspecified atom stereocenters. The Bertz CT molecular complexity index is 793. The summed E-state index contributed by atoms with van der Waals surface area (Å²) in [5.74, 6) is 0.649. The van der Waals surface area contributed by atoms with Gasteiger partial charge >= 0.3 is 6.03 Å². The quantitative estimate of drug-likeness (QED) is 0.794. The molecule has 0 aliphatic carbocycles. The maximum absolute atomic E-state index is 12.5. The summed E-state index contributed by atoms with van der Waals surface area (Å²) in [5, 5.41) is 3.49. The molecule has 1 heterocycles. The van der Waals surface area contributed by atoms with Crippen LogP contribution in [0.5, 0.6) is 5.75 Å². The van der Waals surface area contributed by atoms with Crippen LogP contribution in [-0.2, 0) is 11.2 Å². The number of benzene rings is 2. The Balaban J connectivity index is 1.45. The Morgan fingerprint density at radius 1 is 1.11 bits per heavy atom. The van der Waals surface area contributed by atoms with Gasteiger partial charge in [-0.2, -0.15) is 0 Å². The summed E-state index contributed by atoms with van der Waals surface area (Å²) in [6.45, 7) is 1.66. The predicted molar refractivity (Wildman–Crippen MR) is 105 cm³/mol. The molecule has 1 aliphatic heterocycles. The minimum Gasteiger partial charge on any atom is -0.497 e. The van der Waals surface area contributed by atoms with E-state index in [1.165, 1.54) is 0 Å². The first-order valence-electron chi connectivity index (χ1n) is 8.78. The zero-order valence-corrected chi connectivity index (χ0v) is 15.9. The predicted octanol–water partition coefficient (Wildman–Crippen LogP) is 2.95. The maximum atomic E-state index is 12.5. The van der Waals surface area contributed by atoms with Crippen molar-refractivity contribution in [3.8, 4) is 5.75 Å². The zero-order valence-electron chi connectivity index (χ0n) is 15.2. The number of rotatable bonds is 7. The lowest BCUT2D eigenvalue weighted by atomic mass is 10.1. The molecule has 0 bridgehead atoms. The topological polar surface area (TPSA) is 61.9 Å². The molecule has 0 atom stereocenters. The van der Waals surface area contributed by atoms with Gasteiger partial charge in [-0.15, -0.1) is 0 Å². The molecule has 1 fully saturated rings. The van der Waals surface area contributed by atoms with E-state index in [2.05, 4.69) is 5.32 Å². The van der Waals surface area contributed by atoms with Gasteiger partial charge in [0.25, 0.3) is 0 Å². The van der Waals surface area contributed by atoms with Gasteiger partial charge in [0.05, 0.1) is 7.11 Å². The van der Waals surface area contributed by atoms with Crippen molar-refractivity contribution in [2.24, 2.45) is 0 Å². The monoisotopic (exact) mass is 387 g/mol. The van der Waals surface area contributed by atoms with Crippen LogP contribution in [-0.4, -0.2) is 50.1 Å². The molecular formula is C20H22ClN3O3. The van der Waals surface area contributed by atoms with Crippen LogP contribution in [0.4, 0.5) is 10.5 Å². The Morgan fingerprint density at radius 3 is 2.48 bits per heavy atom. The molecule has 7 heteroatoms. The number of methoxy groups -OCH3 is 1. The van der Waals surface area contributed by atoms with Crippen LogP contribution in [0.15, 0.2) is 48.5 Å². The van der Waals surface area contributed by atoms with E-state index in [-0.39, 0.29) is 18.5 Å². The highest BCUT2D eigenvalue weighted by Gasteiger charge is 2.30. The highest BCUT2D eigenvalue weighted by Crippen LogP contribution is 2.22. The van der Waals surface area contributed by atoms with Gasteiger partial charge in [-0.05, 0) is 48.4 Å². The molecule has 1 aliphatic rings. The van der Waals surface area contributed by atoms with Gasteiger partial charge in [0.1, 0.15) is 12.3 Å². The normalized spacial score (nSPS) is 13.8. The third kappa shape index (κ3) is 4.92. The van der Waals surface area contributed by atoms with Crippen molar-refractivity contribution in [1.29, 1.82) is 0 Å². The largest absolute Gasteiger partial charge is 0.497 e. The van der Waals surface area contributed by atoms with Crippen LogP contribution in [0, 0.1) is 0 Å². The number of halogens is 1. The van der Waals surface area contributed by atoms with Gasteiger partial charge in [0.15, 0.2) is 0 Å². The van der Waals surface area contributed by atoms with Gasteiger partial charge < -0.3 is 15.0 Å². The number of amides is 3. The zero-order chi connectivity index (χ0) is 19.2. The van der Waals surface area contributed by atoms with Crippen molar-refractivity contribution in [2.75, 3.05) is 38.2 Å². The summed E-state index contributed by atoms with van der Waals surface area (Å²) in [7, 11) is 1.63. The molecule has 0 spiro atoms. The van der Waals surface area contributed by atoms with E-state index >= 15 is 0 Å². The number of carbonyl (C=O) groups excluding carboxylic acids is 2. The van der Waals surface area contributed by atoms with Crippen molar-refractivity contribution >= 4 is 29.2 Å². The number of ether oxygens (including phenoxy) is 1. The van der Waals surface area contributed by atoms with E-state index in [1.54, 1.807) is 41.2 Å². The van der Waals surface area contributed by atoms with Crippen LogP contribution in [0.25, 0.3) is 0 Å². The van der Waals surface area contributed by atoms with E-state index in [9.17, 15) is 9.59 Å². The summed E-state index contributed by atoms with van der Waals surface area (Å²) in [4.78, 5) is 27.9. The third-order valence-electron chi connectivity index (χ3n) is 4.46. The molecule has 27 heavy (non-hydrogen) atoms. The second-order valence-corrected chi connectivity index (χ2v) is 6.72. The molecule has 0 saturated carbocycles. The van der Waals surface area contributed by atoms with Crippen molar-refractivity contribution in [2.45, 2.75) is 6.42 Å². The average Bonchev–Trinajstić information content (AvgIpc) is 3.03. The highest BCUT2D eigenvalue weighted by molar-refractivity contribution is 6.30. The summed E-state index contributed by atoms with van der Waals surface area (Å²) in [5.41, 5.74) is 1.90. The fourth-order valence-electron chi connectivity index (χ4n) is 2.96. The lowest BCUT2D eigenvalue weighted by Gasteiger charge is -2.18. The lowest BCUT2D eigenvalue weighted by Crippen LogP contribution is -2.40. The standard InChI is InChI=1S/C20H22ClN3O3/c1-27-18-8-2-15(3-9-18)10-11-22-19(25)14-23-12-13-24(20(23)26)17-6-4-16(21)5-7-17/h2-9H,10-14H2,1H3,(H,22,25). The molecule has 2 aromatic rings. The summed E-state index contributed by atoms with van der Waals surface area (Å²) in [6.07, 6.45) is 0.723. The molecule has 0 aromatic heterocycles. The first-order valence-corrected chi connectivity index (χ1v) is 9.16. The van der Waals surface area contributed by atoms with Crippen LogP contribution in [0.2, 0.25) is 5.02 Å². The number of anilines is 1. The van der Waals surface area contributed by atoms with Crippen LogP contribution < -0.4 is 15.0 Å². The molecule has 3 rings (SSSR count). The minimum absolute atomic E-state index is 0.0610. The average molecular weight is 388 g/mol. The molecule has 1 saturated heterocycles. The number of urea groups is 1. The molecular weight excluding hydrogens is 366 g/mol. The SMILES string of the molecule is COc1ccc(CCNC(=O)CN2CCN(c3ccc(Cl)cc3)C2=O)cc1. The minimum atomic E-state index is -0.164. The van der Waals surface area contributed by atoms with E-state index < -0.39 is 0 Å². The summed E-state index contributed by atoms with van der Waals surface area (Å²) in [6, 6.07) is 14.7. The van der Waals surface area contributed by atoms with Gasteiger partial charge in [-0.25, -0.2) is 4.79 Å². The number of hydrogen-bond donors (Lipinski definition) is 1. The van der Waals surface area contributed by atoms with Crippen molar-refractivity contribution in [3.05, 3.63) is 59.1 Å². The number of carbonyl (C=O) groups is 2. The molecule has 6 nitrogen and oxygen atoms in total. The second kappa shape index (κ2) is 8.77. The fraction of sp³-hybridized carbons (Fsp3) is 0.300. The third-order valence-corrected chi connectivity index (χ3v) is 4.71. The first kappa shape index (κ1) is 19.0. The lowest BCUT2D eigenvalue weighted by molar-refractivity contribution is -0.121.